The van der Waals surface area contributed by atoms with Gasteiger partial charge < -0.3 is 5.32 Å². The maximum atomic E-state index is 11.8. The minimum absolute atomic E-state index is 0.0245. The number of hydrogen-bond donors (Lipinski definition) is 1. The molecule has 7 heteroatoms. The third kappa shape index (κ3) is 3.52. The van der Waals surface area contributed by atoms with Crippen molar-refractivity contribution in [2.75, 3.05) is 0 Å². The quantitative estimate of drug-likeness (QED) is 0.648. The summed E-state index contributed by atoms with van der Waals surface area (Å²) in [5, 5.41) is 17.8. The first kappa shape index (κ1) is 15.1. The minimum atomic E-state index is -0.437. The Hall–Kier alpha value is -1.92. The monoisotopic (exact) mass is 268 g/mol. The van der Waals surface area contributed by atoms with Gasteiger partial charge in [-0.15, -0.1) is 0 Å². The van der Waals surface area contributed by atoms with E-state index in [4.69, 9.17) is 0 Å². The molecule has 0 spiro atoms. The van der Waals surface area contributed by atoms with Crippen LogP contribution < -0.4 is 5.32 Å². The van der Waals surface area contributed by atoms with Crippen LogP contribution in [0.3, 0.4) is 0 Å². The molecular formula is C12H20N4O3. The van der Waals surface area contributed by atoms with Gasteiger partial charge in [0.1, 0.15) is 11.4 Å². The van der Waals surface area contributed by atoms with E-state index in [1.54, 1.807) is 20.8 Å². The number of aryl methyl sites for hydroxylation is 1. The van der Waals surface area contributed by atoms with Crippen LogP contribution in [-0.2, 0) is 11.3 Å². The molecule has 1 aromatic rings. The van der Waals surface area contributed by atoms with E-state index in [2.05, 4.69) is 10.4 Å². The van der Waals surface area contributed by atoms with Crippen LogP contribution in [0.15, 0.2) is 0 Å². The number of rotatable bonds is 5. The molecule has 1 rings (SSSR count). The molecule has 1 unspecified atom stereocenters. The molecule has 0 bridgehead atoms. The summed E-state index contributed by atoms with van der Waals surface area (Å²) in [6.07, 6.45) is 0. The van der Waals surface area contributed by atoms with Crippen molar-refractivity contribution < 1.29 is 9.72 Å². The molecule has 0 aromatic carbocycles. The van der Waals surface area contributed by atoms with Gasteiger partial charge in [0.2, 0.25) is 5.91 Å². The number of aromatic nitrogens is 2. The fourth-order valence-electron chi connectivity index (χ4n) is 1.90. The molecule has 1 heterocycles. The second-order valence-electron chi connectivity index (χ2n) is 5.02. The molecule has 1 N–H and O–H groups in total. The lowest BCUT2D eigenvalue weighted by atomic mass is 10.1. The Bertz CT molecular complexity index is 493. The second kappa shape index (κ2) is 5.81. The molecule has 0 aliphatic rings. The van der Waals surface area contributed by atoms with Gasteiger partial charge in [-0.3, -0.25) is 19.6 Å². The maximum Gasteiger partial charge on any atom is 0.312 e. The van der Waals surface area contributed by atoms with Gasteiger partial charge in [0, 0.05) is 6.04 Å². The Kier molecular flexibility index (Phi) is 4.63. The molecule has 0 saturated carbocycles. The Morgan fingerprint density at radius 3 is 2.42 bits per heavy atom. The second-order valence-corrected chi connectivity index (χ2v) is 5.02. The lowest BCUT2D eigenvalue weighted by Crippen LogP contribution is -2.36. The van der Waals surface area contributed by atoms with Crippen LogP contribution in [0.5, 0.6) is 0 Å². The predicted molar refractivity (Wildman–Crippen MR) is 70.8 cm³/mol. The fourth-order valence-corrected chi connectivity index (χ4v) is 1.90. The van der Waals surface area contributed by atoms with Gasteiger partial charge in [0.15, 0.2) is 0 Å². The van der Waals surface area contributed by atoms with Crippen molar-refractivity contribution in [2.24, 2.45) is 5.92 Å². The molecule has 7 nitrogen and oxygen atoms in total. The van der Waals surface area contributed by atoms with E-state index < -0.39 is 4.92 Å². The molecule has 0 saturated heterocycles. The standard InChI is InChI=1S/C12H20N4O3/c1-7(2)13-12(17)8(3)6-15-10(5)11(16(18)19)9(4)14-15/h7-8H,6H2,1-5H3,(H,13,17). The van der Waals surface area contributed by atoms with Crippen LogP contribution in [0.1, 0.15) is 32.2 Å². The van der Waals surface area contributed by atoms with Crippen molar-refractivity contribution >= 4 is 11.6 Å². The van der Waals surface area contributed by atoms with Crippen molar-refractivity contribution in [2.45, 2.75) is 47.2 Å². The highest BCUT2D eigenvalue weighted by molar-refractivity contribution is 5.78. The van der Waals surface area contributed by atoms with Crippen LogP contribution in [0, 0.1) is 29.9 Å². The topological polar surface area (TPSA) is 90.1 Å². The molecule has 1 amide bonds. The van der Waals surface area contributed by atoms with Crippen molar-refractivity contribution in [3.63, 3.8) is 0 Å². The Balaban J connectivity index is 2.86. The molecule has 1 aromatic heterocycles. The SMILES string of the molecule is Cc1nn(CC(C)C(=O)NC(C)C)c(C)c1[N+](=O)[O-]. The number of amides is 1. The molecule has 0 aliphatic carbocycles. The largest absolute Gasteiger partial charge is 0.354 e. The number of hydrogen-bond acceptors (Lipinski definition) is 4. The van der Waals surface area contributed by atoms with E-state index in [1.165, 1.54) is 4.68 Å². The van der Waals surface area contributed by atoms with E-state index in [0.717, 1.165) is 0 Å². The summed E-state index contributed by atoms with van der Waals surface area (Å²) >= 11 is 0. The van der Waals surface area contributed by atoms with Crippen LogP contribution >= 0.6 is 0 Å². The molecule has 0 fully saturated rings. The van der Waals surface area contributed by atoms with Gasteiger partial charge in [0.25, 0.3) is 0 Å². The Morgan fingerprint density at radius 2 is 2.00 bits per heavy atom. The summed E-state index contributed by atoms with van der Waals surface area (Å²) in [4.78, 5) is 22.3. The van der Waals surface area contributed by atoms with Crippen molar-refractivity contribution in [3.05, 3.63) is 21.5 Å². The van der Waals surface area contributed by atoms with E-state index in [1.807, 2.05) is 13.8 Å². The van der Waals surface area contributed by atoms with Gasteiger partial charge in [-0.1, -0.05) is 6.92 Å². The number of nitro groups is 1. The third-order valence-electron chi connectivity index (χ3n) is 2.85. The summed E-state index contributed by atoms with van der Waals surface area (Å²) in [5.74, 6) is -0.370. The maximum absolute atomic E-state index is 11.8. The lowest BCUT2D eigenvalue weighted by Gasteiger charge is -2.15. The van der Waals surface area contributed by atoms with E-state index in [0.29, 0.717) is 17.9 Å². The molecule has 0 aliphatic heterocycles. The molecule has 106 valence electrons. The number of carbonyl (C=O) groups is 1. The number of nitrogens with zero attached hydrogens (tertiary/aromatic N) is 3. The average Bonchev–Trinajstić information content (AvgIpc) is 2.52. The lowest BCUT2D eigenvalue weighted by molar-refractivity contribution is -0.386. The molecule has 1 atom stereocenters. The summed E-state index contributed by atoms with van der Waals surface area (Å²) in [6.45, 7) is 9.13. The normalized spacial score (nSPS) is 12.5. The zero-order valence-electron chi connectivity index (χ0n) is 11.9. The van der Waals surface area contributed by atoms with Crippen molar-refractivity contribution in [3.8, 4) is 0 Å². The van der Waals surface area contributed by atoms with Gasteiger partial charge in [0.05, 0.1) is 17.4 Å². The third-order valence-corrected chi connectivity index (χ3v) is 2.85. The first-order chi connectivity index (χ1) is 8.73. The molecule has 19 heavy (non-hydrogen) atoms. The van der Waals surface area contributed by atoms with E-state index >= 15 is 0 Å². The minimum Gasteiger partial charge on any atom is -0.354 e. The summed E-state index contributed by atoms with van der Waals surface area (Å²) < 4.78 is 1.53. The van der Waals surface area contributed by atoms with Crippen LogP contribution in [0.2, 0.25) is 0 Å². The summed E-state index contributed by atoms with van der Waals surface area (Å²) in [7, 11) is 0. The highest BCUT2D eigenvalue weighted by Crippen LogP contribution is 2.22. The number of carbonyl (C=O) groups excluding carboxylic acids is 1. The first-order valence-electron chi connectivity index (χ1n) is 6.22. The molecular weight excluding hydrogens is 248 g/mol. The van der Waals surface area contributed by atoms with Gasteiger partial charge >= 0.3 is 5.69 Å². The highest BCUT2D eigenvalue weighted by Gasteiger charge is 2.24. The number of nitrogens with one attached hydrogen (secondary N) is 1. The first-order valence-corrected chi connectivity index (χ1v) is 6.22. The summed E-state index contributed by atoms with van der Waals surface area (Å²) in [6, 6.07) is 0.0738. The molecule has 0 radical (unpaired) electrons. The van der Waals surface area contributed by atoms with Crippen molar-refractivity contribution in [1.82, 2.24) is 15.1 Å². The van der Waals surface area contributed by atoms with Gasteiger partial charge in [-0.05, 0) is 27.7 Å². The zero-order chi connectivity index (χ0) is 14.7. The Morgan fingerprint density at radius 1 is 1.42 bits per heavy atom. The fraction of sp³-hybridized carbons (Fsp3) is 0.667. The predicted octanol–water partition coefficient (Wildman–Crippen LogP) is 1.57. The van der Waals surface area contributed by atoms with E-state index in [9.17, 15) is 14.9 Å². The van der Waals surface area contributed by atoms with Gasteiger partial charge in [-0.2, -0.15) is 5.10 Å². The smallest absolute Gasteiger partial charge is 0.312 e. The van der Waals surface area contributed by atoms with Crippen LogP contribution in [0.4, 0.5) is 5.69 Å². The van der Waals surface area contributed by atoms with E-state index in [-0.39, 0.29) is 23.6 Å². The van der Waals surface area contributed by atoms with Crippen LogP contribution in [0.25, 0.3) is 0 Å². The van der Waals surface area contributed by atoms with Crippen molar-refractivity contribution in [1.29, 1.82) is 0 Å². The van der Waals surface area contributed by atoms with Gasteiger partial charge in [-0.25, -0.2) is 0 Å². The highest BCUT2D eigenvalue weighted by atomic mass is 16.6. The Labute approximate surface area is 112 Å². The van der Waals surface area contributed by atoms with Crippen LogP contribution in [-0.4, -0.2) is 26.7 Å². The summed E-state index contributed by atoms with van der Waals surface area (Å²) in [5.41, 5.74) is 0.877. The zero-order valence-corrected chi connectivity index (χ0v) is 11.9. The average molecular weight is 268 g/mol.